The van der Waals surface area contributed by atoms with Gasteiger partial charge in [-0.3, -0.25) is 4.99 Å². The molecule has 1 N–H and O–H groups in total. The number of piperidine rings is 1. The zero-order chi connectivity index (χ0) is 18.9. The Bertz CT molecular complexity index is 566. The molecule has 0 atom stereocenters. The van der Waals surface area contributed by atoms with Gasteiger partial charge in [0.25, 0.3) is 0 Å². The summed E-state index contributed by atoms with van der Waals surface area (Å²) in [6, 6.07) is 6.13. The molecule has 1 aromatic rings. The van der Waals surface area contributed by atoms with E-state index in [4.69, 9.17) is 4.99 Å². The summed E-state index contributed by atoms with van der Waals surface area (Å²) in [7, 11) is 0. The van der Waals surface area contributed by atoms with E-state index in [9.17, 15) is 0 Å². The highest BCUT2D eigenvalue weighted by molar-refractivity contribution is 14.0. The molecule has 6 nitrogen and oxygen atoms in total. The molecule has 28 heavy (non-hydrogen) atoms. The molecule has 158 valence electrons. The predicted molar refractivity (Wildman–Crippen MR) is 129 cm³/mol. The largest absolute Gasteiger partial charge is 0.357 e. The SMILES string of the molecule is CCNC(=NCCC1CCN(CC)CC1)N1CCN(c2ccccn2)CC1.I. The van der Waals surface area contributed by atoms with Gasteiger partial charge in [0.05, 0.1) is 0 Å². The minimum absolute atomic E-state index is 0. The fourth-order valence-electron chi connectivity index (χ4n) is 4.06. The maximum Gasteiger partial charge on any atom is 0.194 e. The van der Waals surface area contributed by atoms with Crippen LogP contribution in [0.3, 0.4) is 0 Å². The monoisotopic (exact) mass is 500 g/mol. The molecule has 0 spiro atoms. The van der Waals surface area contributed by atoms with E-state index in [-0.39, 0.29) is 24.0 Å². The van der Waals surface area contributed by atoms with Gasteiger partial charge >= 0.3 is 0 Å². The number of anilines is 1. The summed E-state index contributed by atoms with van der Waals surface area (Å²) in [5.41, 5.74) is 0. The number of likely N-dealkylation sites (tertiary alicyclic amines) is 1. The van der Waals surface area contributed by atoms with Crippen molar-refractivity contribution in [1.82, 2.24) is 20.1 Å². The van der Waals surface area contributed by atoms with Crippen LogP contribution in [0.25, 0.3) is 0 Å². The number of aromatic nitrogens is 1. The highest BCUT2D eigenvalue weighted by Gasteiger charge is 2.21. The zero-order valence-corrected chi connectivity index (χ0v) is 19.8. The lowest BCUT2D eigenvalue weighted by molar-refractivity contribution is 0.188. The van der Waals surface area contributed by atoms with Crippen LogP contribution in [0.5, 0.6) is 0 Å². The van der Waals surface area contributed by atoms with Crippen LogP contribution in [0.15, 0.2) is 29.4 Å². The van der Waals surface area contributed by atoms with Crippen molar-refractivity contribution in [3.63, 3.8) is 0 Å². The van der Waals surface area contributed by atoms with E-state index in [1.165, 1.54) is 38.9 Å². The maximum atomic E-state index is 4.95. The molecule has 0 bridgehead atoms. The van der Waals surface area contributed by atoms with E-state index < -0.39 is 0 Å². The summed E-state index contributed by atoms with van der Waals surface area (Å²) in [4.78, 5) is 16.8. The predicted octanol–water partition coefficient (Wildman–Crippen LogP) is 2.91. The van der Waals surface area contributed by atoms with Crippen molar-refractivity contribution in [2.24, 2.45) is 10.9 Å². The molecule has 1 aromatic heterocycles. The lowest BCUT2D eigenvalue weighted by Crippen LogP contribution is -2.52. The molecule has 0 unspecified atom stereocenters. The number of aliphatic imine (C=N–C) groups is 1. The van der Waals surface area contributed by atoms with Crippen LogP contribution < -0.4 is 10.2 Å². The summed E-state index contributed by atoms with van der Waals surface area (Å²) in [6.45, 7) is 14.0. The average molecular weight is 500 g/mol. The third-order valence-electron chi connectivity index (χ3n) is 5.84. The van der Waals surface area contributed by atoms with Crippen LogP contribution in [0.1, 0.15) is 33.1 Å². The Balaban J connectivity index is 0.00000280. The first-order valence-corrected chi connectivity index (χ1v) is 10.7. The fourth-order valence-corrected chi connectivity index (χ4v) is 4.06. The van der Waals surface area contributed by atoms with Crippen molar-refractivity contribution < 1.29 is 0 Å². The Morgan fingerprint density at radius 3 is 2.46 bits per heavy atom. The van der Waals surface area contributed by atoms with Crippen LogP contribution in [-0.2, 0) is 0 Å². The van der Waals surface area contributed by atoms with Gasteiger partial charge < -0.3 is 20.0 Å². The summed E-state index contributed by atoms with van der Waals surface area (Å²) >= 11 is 0. The van der Waals surface area contributed by atoms with Gasteiger partial charge in [-0.1, -0.05) is 13.0 Å². The van der Waals surface area contributed by atoms with E-state index in [0.29, 0.717) is 0 Å². The topological polar surface area (TPSA) is 47.0 Å². The minimum atomic E-state index is 0. The molecular formula is C21H37IN6. The Labute approximate surface area is 187 Å². The van der Waals surface area contributed by atoms with Gasteiger partial charge in [-0.25, -0.2) is 4.98 Å². The minimum Gasteiger partial charge on any atom is -0.357 e. The van der Waals surface area contributed by atoms with Crippen LogP contribution in [0.2, 0.25) is 0 Å². The average Bonchev–Trinajstić information content (AvgIpc) is 2.74. The first kappa shape index (κ1) is 23.2. The van der Waals surface area contributed by atoms with Crippen LogP contribution in [0.4, 0.5) is 5.82 Å². The highest BCUT2D eigenvalue weighted by atomic mass is 127. The number of piperazine rings is 1. The zero-order valence-electron chi connectivity index (χ0n) is 17.5. The second-order valence-corrected chi connectivity index (χ2v) is 7.56. The number of guanidine groups is 1. The first-order valence-electron chi connectivity index (χ1n) is 10.7. The molecule has 0 amide bonds. The van der Waals surface area contributed by atoms with Crippen molar-refractivity contribution in [3.05, 3.63) is 24.4 Å². The Morgan fingerprint density at radius 2 is 1.86 bits per heavy atom. The van der Waals surface area contributed by atoms with Gasteiger partial charge in [0.2, 0.25) is 0 Å². The van der Waals surface area contributed by atoms with Crippen molar-refractivity contribution in [1.29, 1.82) is 0 Å². The highest BCUT2D eigenvalue weighted by Crippen LogP contribution is 2.20. The van der Waals surface area contributed by atoms with Crippen molar-refractivity contribution in [2.45, 2.75) is 33.1 Å². The smallest absolute Gasteiger partial charge is 0.194 e. The fraction of sp³-hybridized carbons (Fsp3) is 0.714. The van der Waals surface area contributed by atoms with E-state index in [1.54, 1.807) is 0 Å². The molecule has 3 heterocycles. The van der Waals surface area contributed by atoms with E-state index in [0.717, 1.165) is 57.0 Å². The van der Waals surface area contributed by atoms with Crippen molar-refractivity contribution >= 4 is 35.8 Å². The number of halogens is 1. The lowest BCUT2D eigenvalue weighted by Gasteiger charge is -2.37. The van der Waals surface area contributed by atoms with Gasteiger partial charge in [0, 0.05) is 45.5 Å². The molecule has 7 heteroatoms. The third-order valence-corrected chi connectivity index (χ3v) is 5.84. The number of nitrogens with one attached hydrogen (secondary N) is 1. The quantitative estimate of drug-likeness (QED) is 0.370. The number of hydrogen-bond donors (Lipinski definition) is 1. The summed E-state index contributed by atoms with van der Waals surface area (Å²) in [5, 5.41) is 3.49. The molecule has 0 radical (unpaired) electrons. The molecule has 0 aliphatic carbocycles. The van der Waals surface area contributed by atoms with Crippen molar-refractivity contribution in [2.75, 3.05) is 63.8 Å². The molecule has 2 fully saturated rings. The number of nitrogens with zero attached hydrogens (tertiary/aromatic N) is 5. The van der Waals surface area contributed by atoms with Crippen LogP contribution in [-0.4, -0.2) is 79.6 Å². The first-order chi connectivity index (χ1) is 13.3. The van der Waals surface area contributed by atoms with Gasteiger partial charge in [0.1, 0.15) is 5.82 Å². The van der Waals surface area contributed by atoms with Crippen LogP contribution in [0, 0.1) is 5.92 Å². The van der Waals surface area contributed by atoms with Crippen molar-refractivity contribution in [3.8, 4) is 0 Å². The van der Waals surface area contributed by atoms with Crippen LogP contribution >= 0.6 is 24.0 Å². The Kier molecular flexibility index (Phi) is 10.3. The normalized spacial score (nSPS) is 19.4. The summed E-state index contributed by atoms with van der Waals surface area (Å²) < 4.78 is 0. The molecule has 0 saturated carbocycles. The Morgan fingerprint density at radius 1 is 1.11 bits per heavy atom. The molecular weight excluding hydrogens is 463 g/mol. The summed E-state index contributed by atoms with van der Waals surface area (Å²) in [5.74, 6) is 3.02. The lowest BCUT2D eigenvalue weighted by atomic mass is 9.94. The standard InChI is InChI=1S/C21H36N6.HI/c1-3-22-21(24-12-8-19-9-13-25(4-2)14-10-19)27-17-15-26(16-18-27)20-7-5-6-11-23-20;/h5-7,11,19H,3-4,8-10,12-18H2,1-2H3,(H,22,24);1H. The third kappa shape index (κ3) is 6.76. The van der Waals surface area contributed by atoms with Gasteiger partial charge in [-0.2, -0.15) is 0 Å². The number of hydrogen-bond acceptors (Lipinski definition) is 4. The molecule has 3 rings (SSSR count). The van der Waals surface area contributed by atoms with E-state index >= 15 is 0 Å². The molecule has 2 aliphatic rings. The molecule has 2 saturated heterocycles. The van der Waals surface area contributed by atoms with Gasteiger partial charge in [0.15, 0.2) is 5.96 Å². The maximum absolute atomic E-state index is 4.95. The molecule has 0 aromatic carbocycles. The number of rotatable bonds is 6. The second kappa shape index (κ2) is 12.5. The molecule has 2 aliphatic heterocycles. The summed E-state index contributed by atoms with van der Waals surface area (Å²) in [6.07, 6.45) is 5.77. The second-order valence-electron chi connectivity index (χ2n) is 7.56. The van der Waals surface area contributed by atoms with E-state index in [2.05, 4.69) is 51.0 Å². The van der Waals surface area contributed by atoms with E-state index in [1.807, 2.05) is 12.3 Å². The Hall–Kier alpha value is -1.09. The number of pyridine rings is 1. The van der Waals surface area contributed by atoms with Gasteiger partial charge in [-0.05, 0) is 63.9 Å². The van der Waals surface area contributed by atoms with Gasteiger partial charge in [-0.15, -0.1) is 24.0 Å².